The first kappa shape index (κ1) is 13.1. The summed E-state index contributed by atoms with van der Waals surface area (Å²) < 4.78 is 0. The van der Waals surface area contributed by atoms with Gasteiger partial charge in [-0.25, -0.2) is 0 Å². The fourth-order valence-corrected chi connectivity index (χ4v) is 2.81. The Morgan fingerprint density at radius 2 is 1.12 bits per heavy atom. The summed E-state index contributed by atoms with van der Waals surface area (Å²) in [5.74, 6) is 0.552. The molecule has 0 unspecified atom stereocenters. The molecule has 0 aliphatic carbocycles. The van der Waals surface area contributed by atoms with Crippen LogP contribution in [0, 0.1) is 6.92 Å². The van der Waals surface area contributed by atoms with Crippen LogP contribution in [0.4, 0.5) is 0 Å². The lowest BCUT2D eigenvalue weighted by Gasteiger charge is -2.20. The molecule has 0 radical (unpaired) electrons. The zero-order chi connectivity index (χ0) is 12.3. The summed E-state index contributed by atoms with van der Waals surface area (Å²) in [6.07, 6.45) is 3.93. The van der Waals surface area contributed by atoms with Crippen LogP contribution in [0.3, 0.4) is 0 Å². The highest BCUT2D eigenvalue weighted by Crippen LogP contribution is 2.34. The SMILES string of the molecule is CCc1c(C)c(CC)c(CC)c(CC)c1O. The van der Waals surface area contributed by atoms with Crippen molar-refractivity contribution in [2.45, 2.75) is 60.3 Å². The van der Waals surface area contributed by atoms with Crippen molar-refractivity contribution in [1.82, 2.24) is 0 Å². The molecule has 0 bridgehead atoms. The number of benzene rings is 1. The molecule has 0 spiro atoms. The van der Waals surface area contributed by atoms with Gasteiger partial charge in [-0.05, 0) is 60.4 Å². The van der Waals surface area contributed by atoms with Crippen LogP contribution in [0.25, 0.3) is 0 Å². The van der Waals surface area contributed by atoms with Crippen molar-refractivity contribution in [3.63, 3.8) is 0 Å². The fourth-order valence-electron chi connectivity index (χ4n) is 2.81. The largest absolute Gasteiger partial charge is 0.507 e. The smallest absolute Gasteiger partial charge is 0.122 e. The molecule has 0 saturated carbocycles. The number of phenolic OH excluding ortho intramolecular Hbond substituents is 1. The van der Waals surface area contributed by atoms with Crippen LogP contribution in [0.5, 0.6) is 5.75 Å². The van der Waals surface area contributed by atoms with Crippen molar-refractivity contribution in [2.24, 2.45) is 0 Å². The van der Waals surface area contributed by atoms with Gasteiger partial charge in [0.15, 0.2) is 0 Å². The second kappa shape index (κ2) is 5.38. The number of hydrogen-bond acceptors (Lipinski definition) is 1. The summed E-state index contributed by atoms with van der Waals surface area (Å²) in [6.45, 7) is 10.8. The minimum Gasteiger partial charge on any atom is -0.507 e. The van der Waals surface area contributed by atoms with E-state index in [1.807, 2.05) is 0 Å². The maximum absolute atomic E-state index is 10.3. The van der Waals surface area contributed by atoms with Gasteiger partial charge in [-0.3, -0.25) is 0 Å². The number of rotatable bonds is 4. The lowest BCUT2D eigenvalue weighted by atomic mass is 9.86. The van der Waals surface area contributed by atoms with Crippen molar-refractivity contribution < 1.29 is 5.11 Å². The molecule has 0 heterocycles. The molecule has 1 aromatic rings. The van der Waals surface area contributed by atoms with Crippen LogP contribution in [-0.4, -0.2) is 5.11 Å². The predicted molar refractivity (Wildman–Crippen MR) is 70.4 cm³/mol. The quantitative estimate of drug-likeness (QED) is 0.814. The maximum atomic E-state index is 10.3. The number of phenols is 1. The van der Waals surface area contributed by atoms with E-state index in [4.69, 9.17) is 0 Å². The Morgan fingerprint density at radius 1 is 0.688 bits per heavy atom. The van der Waals surface area contributed by atoms with E-state index < -0.39 is 0 Å². The fraction of sp³-hybridized carbons (Fsp3) is 0.600. The van der Waals surface area contributed by atoms with Gasteiger partial charge in [0.05, 0.1) is 0 Å². The van der Waals surface area contributed by atoms with Gasteiger partial charge in [-0.1, -0.05) is 27.7 Å². The van der Waals surface area contributed by atoms with Crippen molar-refractivity contribution in [1.29, 1.82) is 0 Å². The first-order chi connectivity index (χ1) is 7.62. The monoisotopic (exact) mass is 220 g/mol. The molecule has 1 rings (SSSR count). The first-order valence-electron chi connectivity index (χ1n) is 6.47. The molecule has 90 valence electrons. The lowest BCUT2D eigenvalue weighted by molar-refractivity contribution is 0.460. The molecule has 1 nitrogen and oxygen atoms in total. The molecule has 1 N–H and O–H groups in total. The zero-order valence-electron chi connectivity index (χ0n) is 11.3. The lowest BCUT2D eigenvalue weighted by Crippen LogP contribution is -2.05. The van der Waals surface area contributed by atoms with E-state index in [0.29, 0.717) is 5.75 Å². The molecule has 0 amide bonds. The molecular formula is C15H24O. The average Bonchev–Trinajstić information content (AvgIpc) is 2.29. The van der Waals surface area contributed by atoms with Gasteiger partial charge in [-0.15, -0.1) is 0 Å². The molecule has 0 saturated heterocycles. The second-order valence-electron chi connectivity index (χ2n) is 4.30. The maximum Gasteiger partial charge on any atom is 0.122 e. The Balaban J connectivity index is 3.61. The predicted octanol–water partition coefficient (Wildman–Crippen LogP) is 3.95. The third-order valence-electron chi connectivity index (χ3n) is 3.62. The molecule has 1 aromatic carbocycles. The van der Waals surface area contributed by atoms with Gasteiger partial charge in [0, 0.05) is 0 Å². The average molecular weight is 220 g/mol. The standard InChI is InChI=1S/C15H24O/c1-6-11-10(5)12(7-2)15(16)14(9-4)13(11)8-3/h16H,6-9H2,1-5H3. The molecule has 16 heavy (non-hydrogen) atoms. The van der Waals surface area contributed by atoms with Crippen molar-refractivity contribution in [3.05, 3.63) is 27.8 Å². The molecule has 0 atom stereocenters. The molecule has 1 heteroatoms. The number of aromatic hydroxyl groups is 1. The van der Waals surface area contributed by atoms with Gasteiger partial charge in [-0.2, -0.15) is 0 Å². The van der Waals surface area contributed by atoms with Gasteiger partial charge in [0.2, 0.25) is 0 Å². The first-order valence-corrected chi connectivity index (χ1v) is 6.47. The van der Waals surface area contributed by atoms with E-state index in [-0.39, 0.29) is 0 Å². The highest BCUT2D eigenvalue weighted by molar-refractivity contribution is 5.55. The van der Waals surface area contributed by atoms with E-state index in [2.05, 4.69) is 34.6 Å². The highest BCUT2D eigenvalue weighted by atomic mass is 16.3. The summed E-state index contributed by atoms with van der Waals surface area (Å²) in [6, 6.07) is 0. The Labute approximate surface area is 99.5 Å². The Morgan fingerprint density at radius 3 is 1.50 bits per heavy atom. The summed E-state index contributed by atoms with van der Waals surface area (Å²) in [5, 5.41) is 10.3. The van der Waals surface area contributed by atoms with Crippen molar-refractivity contribution >= 4 is 0 Å². The summed E-state index contributed by atoms with van der Waals surface area (Å²) >= 11 is 0. The molecule has 0 fully saturated rings. The topological polar surface area (TPSA) is 20.2 Å². The van der Waals surface area contributed by atoms with Crippen molar-refractivity contribution in [3.8, 4) is 5.75 Å². The zero-order valence-corrected chi connectivity index (χ0v) is 11.3. The van der Waals surface area contributed by atoms with Crippen LogP contribution in [-0.2, 0) is 25.7 Å². The Hall–Kier alpha value is -0.980. The summed E-state index contributed by atoms with van der Waals surface area (Å²) in [7, 11) is 0. The number of hydrogen-bond donors (Lipinski definition) is 1. The molecule has 0 aliphatic rings. The van der Waals surface area contributed by atoms with Gasteiger partial charge < -0.3 is 5.11 Å². The van der Waals surface area contributed by atoms with Gasteiger partial charge >= 0.3 is 0 Å². The molecular weight excluding hydrogens is 196 g/mol. The van der Waals surface area contributed by atoms with Crippen LogP contribution in [0.2, 0.25) is 0 Å². The Kier molecular flexibility index (Phi) is 4.40. The van der Waals surface area contributed by atoms with Crippen LogP contribution >= 0.6 is 0 Å². The van der Waals surface area contributed by atoms with E-state index in [0.717, 1.165) is 31.2 Å². The third kappa shape index (κ3) is 1.95. The van der Waals surface area contributed by atoms with E-state index in [1.54, 1.807) is 0 Å². The Bertz CT molecular complexity index is 347. The molecule has 0 aromatic heterocycles. The second-order valence-corrected chi connectivity index (χ2v) is 4.30. The van der Waals surface area contributed by atoms with E-state index >= 15 is 0 Å². The van der Waals surface area contributed by atoms with E-state index in [9.17, 15) is 5.11 Å². The highest BCUT2D eigenvalue weighted by Gasteiger charge is 2.17. The molecule has 0 aliphatic heterocycles. The normalized spacial score (nSPS) is 10.8. The van der Waals surface area contributed by atoms with Crippen LogP contribution in [0.1, 0.15) is 55.5 Å². The van der Waals surface area contributed by atoms with Crippen LogP contribution < -0.4 is 0 Å². The minimum atomic E-state index is 0.552. The van der Waals surface area contributed by atoms with Crippen molar-refractivity contribution in [2.75, 3.05) is 0 Å². The van der Waals surface area contributed by atoms with Crippen LogP contribution in [0.15, 0.2) is 0 Å². The minimum absolute atomic E-state index is 0.552. The summed E-state index contributed by atoms with van der Waals surface area (Å²) in [4.78, 5) is 0. The van der Waals surface area contributed by atoms with E-state index in [1.165, 1.54) is 22.3 Å². The summed E-state index contributed by atoms with van der Waals surface area (Å²) in [5.41, 5.74) is 6.44. The van der Waals surface area contributed by atoms with Gasteiger partial charge in [0.25, 0.3) is 0 Å². The third-order valence-corrected chi connectivity index (χ3v) is 3.62. The van der Waals surface area contributed by atoms with Gasteiger partial charge in [0.1, 0.15) is 5.75 Å².